The molecule has 1 aliphatic heterocycles. The lowest BCUT2D eigenvalue weighted by Crippen LogP contribution is -2.44. The van der Waals surface area contributed by atoms with Crippen molar-refractivity contribution in [3.8, 4) is 0 Å². The zero-order valence-corrected chi connectivity index (χ0v) is 14.0. The third kappa shape index (κ3) is 3.35. The molecule has 1 aromatic rings. The van der Waals surface area contributed by atoms with Gasteiger partial charge in [-0.25, -0.2) is 0 Å². The highest BCUT2D eigenvalue weighted by Gasteiger charge is 2.31. The Hall–Kier alpha value is -0.580. The van der Waals surface area contributed by atoms with Gasteiger partial charge in [-0.1, -0.05) is 18.5 Å². The Bertz CT molecular complexity index is 470. The fourth-order valence-electron chi connectivity index (χ4n) is 2.99. The van der Waals surface area contributed by atoms with Gasteiger partial charge in [0.2, 0.25) is 0 Å². The Kier molecular flexibility index (Phi) is 4.77. The van der Waals surface area contributed by atoms with Crippen LogP contribution in [-0.2, 0) is 24.8 Å². The van der Waals surface area contributed by atoms with Crippen LogP contribution < -0.4 is 0 Å². The van der Waals surface area contributed by atoms with E-state index in [9.17, 15) is 0 Å². The molecule has 0 aliphatic carbocycles. The number of rotatable bonds is 4. The zero-order valence-electron chi connectivity index (χ0n) is 13.2. The van der Waals surface area contributed by atoms with Crippen LogP contribution in [0.5, 0.6) is 0 Å². The van der Waals surface area contributed by atoms with Crippen molar-refractivity contribution in [3.05, 3.63) is 16.4 Å². The highest BCUT2D eigenvalue weighted by Crippen LogP contribution is 2.29. The van der Waals surface area contributed by atoms with Crippen molar-refractivity contribution in [2.75, 3.05) is 13.7 Å². The van der Waals surface area contributed by atoms with E-state index in [1.807, 2.05) is 7.05 Å². The van der Waals surface area contributed by atoms with Gasteiger partial charge in [-0.15, -0.1) is 0 Å². The molecule has 0 spiro atoms. The summed E-state index contributed by atoms with van der Waals surface area (Å²) in [5, 5.41) is 5.25. The van der Waals surface area contributed by atoms with Crippen LogP contribution in [-0.4, -0.2) is 40.0 Å². The fraction of sp³-hybridized carbons (Fsp3) is 0.800. The van der Waals surface area contributed by atoms with Crippen LogP contribution in [0.3, 0.4) is 0 Å². The average molecular weight is 300 g/mol. The first kappa shape index (κ1) is 15.8. The van der Waals surface area contributed by atoms with Crippen molar-refractivity contribution in [1.29, 1.82) is 0 Å². The number of halogens is 1. The predicted octanol–water partition coefficient (Wildman–Crippen LogP) is 3.03. The standard InChI is InChI=1S/C15H26ClN3O/c1-6-13-12(14(16)19(5)17-13)10-18(4)11-7-8-20-15(2,3)9-11/h11H,6-10H2,1-5H3/t11-/m0/s1. The first-order chi connectivity index (χ1) is 9.34. The molecule has 20 heavy (non-hydrogen) atoms. The molecule has 5 heteroatoms. The second-order valence-electron chi connectivity index (χ2n) is 6.36. The van der Waals surface area contributed by atoms with Gasteiger partial charge in [0.05, 0.1) is 11.3 Å². The van der Waals surface area contributed by atoms with E-state index >= 15 is 0 Å². The van der Waals surface area contributed by atoms with Crippen LogP contribution in [0.4, 0.5) is 0 Å². The summed E-state index contributed by atoms with van der Waals surface area (Å²) in [6.45, 7) is 8.16. The summed E-state index contributed by atoms with van der Waals surface area (Å²) in [5.41, 5.74) is 2.25. The van der Waals surface area contributed by atoms with Crippen LogP contribution in [0, 0.1) is 0 Å². The second kappa shape index (κ2) is 6.04. The van der Waals surface area contributed by atoms with Gasteiger partial charge in [-0.05, 0) is 40.2 Å². The van der Waals surface area contributed by atoms with E-state index in [2.05, 4.69) is 37.8 Å². The van der Waals surface area contributed by atoms with E-state index in [0.29, 0.717) is 6.04 Å². The van der Waals surface area contributed by atoms with Crippen molar-refractivity contribution in [1.82, 2.24) is 14.7 Å². The van der Waals surface area contributed by atoms with E-state index < -0.39 is 0 Å². The van der Waals surface area contributed by atoms with Crippen molar-refractivity contribution in [2.24, 2.45) is 7.05 Å². The van der Waals surface area contributed by atoms with Crippen molar-refractivity contribution in [2.45, 2.75) is 58.2 Å². The number of hydrogen-bond donors (Lipinski definition) is 0. The van der Waals surface area contributed by atoms with Gasteiger partial charge in [-0.2, -0.15) is 5.10 Å². The van der Waals surface area contributed by atoms with Gasteiger partial charge in [0.15, 0.2) is 0 Å². The van der Waals surface area contributed by atoms with Crippen LogP contribution in [0.25, 0.3) is 0 Å². The van der Waals surface area contributed by atoms with Crippen molar-refractivity contribution in [3.63, 3.8) is 0 Å². The number of nitrogens with zero attached hydrogens (tertiary/aromatic N) is 3. The molecule has 114 valence electrons. The smallest absolute Gasteiger partial charge is 0.131 e. The highest BCUT2D eigenvalue weighted by atomic mass is 35.5. The zero-order chi connectivity index (χ0) is 14.9. The van der Waals surface area contributed by atoms with E-state index in [-0.39, 0.29) is 5.60 Å². The van der Waals surface area contributed by atoms with E-state index in [4.69, 9.17) is 16.3 Å². The van der Waals surface area contributed by atoms with E-state index in [1.54, 1.807) is 4.68 Å². The summed E-state index contributed by atoms with van der Waals surface area (Å²) >= 11 is 6.38. The molecule has 0 amide bonds. The Labute approximate surface area is 127 Å². The molecular formula is C15H26ClN3O. The minimum atomic E-state index is -0.0243. The summed E-state index contributed by atoms with van der Waals surface area (Å²) < 4.78 is 7.57. The molecule has 4 nitrogen and oxygen atoms in total. The number of aromatic nitrogens is 2. The summed E-state index contributed by atoms with van der Waals surface area (Å²) in [4.78, 5) is 2.40. The molecule has 1 fully saturated rings. The summed E-state index contributed by atoms with van der Waals surface area (Å²) in [6, 6.07) is 0.541. The van der Waals surface area contributed by atoms with Gasteiger partial charge in [0, 0.05) is 31.8 Å². The Morgan fingerprint density at radius 1 is 1.50 bits per heavy atom. The Morgan fingerprint density at radius 2 is 2.20 bits per heavy atom. The molecule has 0 N–H and O–H groups in total. The number of ether oxygens (including phenoxy) is 1. The van der Waals surface area contributed by atoms with Gasteiger partial charge < -0.3 is 4.74 Å². The minimum Gasteiger partial charge on any atom is -0.375 e. The topological polar surface area (TPSA) is 30.3 Å². The lowest BCUT2D eigenvalue weighted by atomic mass is 9.93. The van der Waals surface area contributed by atoms with Crippen LogP contribution in [0.2, 0.25) is 5.15 Å². The molecular weight excluding hydrogens is 274 g/mol. The van der Waals surface area contributed by atoms with Crippen LogP contribution in [0.1, 0.15) is 44.9 Å². The fourth-order valence-corrected chi connectivity index (χ4v) is 3.20. The first-order valence-corrected chi connectivity index (χ1v) is 7.76. The van der Waals surface area contributed by atoms with Gasteiger partial charge in [-0.3, -0.25) is 9.58 Å². The third-order valence-electron chi connectivity index (χ3n) is 4.19. The average Bonchev–Trinajstić information content (AvgIpc) is 2.65. The van der Waals surface area contributed by atoms with Gasteiger partial charge in [0.25, 0.3) is 0 Å². The summed E-state index contributed by atoms with van der Waals surface area (Å²) in [6.07, 6.45) is 3.06. The molecule has 0 saturated carbocycles. The minimum absolute atomic E-state index is 0.0243. The Morgan fingerprint density at radius 3 is 2.80 bits per heavy atom. The van der Waals surface area contributed by atoms with Crippen molar-refractivity contribution < 1.29 is 4.74 Å². The summed E-state index contributed by atoms with van der Waals surface area (Å²) in [5.74, 6) is 0. The molecule has 1 saturated heterocycles. The molecule has 0 unspecified atom stereocenters. The maximum absolute atomic E-state index is 6.38. The maximum atomic E-state index is 6.38. The molecule has 1 atom stereocenters. The van der Waals surface area contributed by atoms with Crippen molar-refractivity contribution >= 4 is 11.6 Å². The predicted molar refractivity (Wildman–Crippen MR) is 82.1 cm³/mol. The third-order valence-corrected chi connectivity index (χ3v) is 4.66. The van der Waals surface area contributed by atoms with Crippen LogP contribution >= 0.6 is 11.6 Å². The largest absolute Gasteiger partial charge is 0.375 e. The molecule has 0 aromatic carbocycles. The quantitative estimate of drug-likeness (QED) is 0.856. The van der Waals surface area contributed by atoms with E-state index in [1.165, 1.54) is 5.56 Å². The van der Waals surface area contributed by atoms with Gasteiger partial charge >= 0.3 is 0 Å². The lowest BCUT2D eigenvalue weighted by Gasteiger charge is -2.39. The molecule has 1 aliphatic rings. The van der Waals surface area contributed by atoms with E-state index in [0.717, 1.165) is 43.3 Å². The second-order valence-corrected chi connectivity index (χ2v) is 6.72. The normalized spacial score (nSPS) is 22.4. The SMILES string of the molecule is CCc1nn(C)c(Cl)c1CN(C)[C@H]1CCOC(C)(C)C1. The molecule has 0 radical (unpaired) electrons. The number of aryl methyl sites for hydroxylation is 2. The Balaban J connectivity index is 2.10. The number of hydrogen-bond acceptors (Lipinski definition) is 3. The molecule has 0 bridgehead atoms. The lowest BCUT2D eigenvalue weighted by molar-refractivity contribution is -0.0809. The molecule has 2 rings (SSSR count). The molecule has 1 aromatic heterocycles. The molecule has 2 heterocycles. The monoisotopic (exact) mass is 299 g/mol. The summed E-state index contributed by atoms with van der Waals surface area (Å²) in [7, 11) is 4.08. The van der Waals surface area contributed by atoms with Gasteiger partial charge in [0.1, 0.15) is 5.15 Å². The first-order valence-electron chi connectivity index (χ1n) is 7.38. The highest BCUT2D eigenvalue weighted by molar-refractivity contribution is 6.30. The van der Waals surface area contributed by atoms with Crippen LogP contribution in [0.15, 0.2) is 0 Å². The maximum Gasteiger partial charge on any atom is 0.131 e.